The Labute approximate surface area is 193 Å². The van der Waals surface area contributed by atoms with E-state index in [9.17, 15) is 10.2 Å². The van der Waals surface area contributed by atoms with Gasteiger partial charge in [0.05, 0.1) is 50.8 Å². The van der Waals surface area contributed by atoms with Crippen LogP contribution in [0.1, 0.15) is 23.7 Å². The first-order chi connectivity index (χ1) is 16.1. The number of ether oxygens (including phenoxy) is 4. The molecule has 0 aliphatic carbocycles. The van der Waals surface area contributed by atoms with Crippen LogP contribution in [0.3, 0.4) is 0 Å². The molecule has 178 valence electrons. The van der Waals surface area contributed by atoms with Crippen molar-refractivity contribution in [3.8, 4) is 23.0 Å². The summed E-state index contributed by atoms with van der Waals surface area (Å²) in [5.74, 6) is 1.54. The average molecular weight is 458 g/mol. The van der Waals surface area contributed by atoms with Crippen molar-refractivity contribution in [3.63, 3.8) is 0 Å². The lowest BCUT2D eigenvalue weighted by Gasteiger charge is -2.27. The summed E-state index contributed by atoms with van der Waals surface area (Å²) in [6.07, 6.45) is 1.49. The fourth-order valence-electron chi connectivity index (χ4n) is 4.25. The molecule has 1 aromatic heterocycles. The zero-order valence-electron chi connectivity index (χ0n) is 19.1. The monoisotopic (exact) mass is 457 g/mol. The largest absolute Gasteiger partial charge is 0.508 e. The lowest BCUT2D eigenvalue weighted by atomic mass is 9.97. The number of methoxy groups -OCH3 is 2. The number of benzene rings is 2. The summed E-state index contributed by atoms with van der Waals surface area (Å²) in [5, 5.41) is 22.1. The minimum atomic E-state index is -0.911. The number of phenols is 1. The fraction of sp³-hybridized carbons (Fsp3) is 0.440. The van der Waals surface area contributed by atoms with Crippen LogP contribution in [0.5, 0.6) is 23.0 Å². The number of nitrogens with zero attached hydrogens (tertiary/aromatic N) is 1. The molecule has 0 radical (unpaired) electrons. The second-order valence-corrected chi connectivity index (χ2v) is 7.96. The second kappa shape index (κ2) is 10.8. The van der Waals surface area contributed by atoms with Gasteiger partial charge < -0.3 is 33.6 Å². The summed E-state index contributed by atoms with van der Waals surface area (Å²) >= 11 is 0. The molecular formula is C25H31NO7. The third-order valence-electron chi connectivity index (χ3n) is 5.99. The van der Waals surface area contributed by atoms with Gasteiger partial charge in [-0.2, -0.15) is 0 Å². The predicted molar refractivity (Wildman–Crippen MR) is 123 cm³/mol. The van der Waals surface area contributed by atoms with Gasteiger partial charge in [0.1, 0.15) is 18.1 Å². The van der Waals surface area contributed by atoms with Crippen molar-refractivity contribution < 1.29 is 33.6 Å². The van der Waals surface area contributed by atoms with Gasteiger partial charge in [0, 0.05) is 19.6 Å². The molecule has 1 aliphatic heterocycles. The highest BCUT2D eigenvalue weighted by Gasteiger charge is 2.29. The van der Waals surface area contributed by atoms with Gasteiger partial charge in [-0.3, -0.25) is 4.90 Å². The lowest BCUT2D eigenvalue weighted by Crippen LogP contribution is -2.38. The highest BCUT2D eigenvalue weighted by molar-refractivity contribution is 5.93. The molecule has 1 atom stereocenters. The summed E-state index contributed by atoms with van der Waals surface area (Å²) in [6, 6.07) is 8.91. The normalized spacial score (nSPS) is 15.5. The maximum Gasteiger partial charge on any atom is 0.205 e. The average Bonchev–Trinajstić information content (AvgIpc) is 3.32. The van der Waals surface area contributed by atoms with Gasteiger partial charge in [-0.05, 0) is 30.5 Å². The van der Waals surface area contributed by atoms with Gasteiger partial charge >= 0.3 is 0 Å². The highest BCUT2D eigenvalue weighted by atomic mass is 16.5. The van der Waals surface area contributed by atoms with Crippen molar-refractivity contribution >= 4 is 11.0 Å². The van der Waals surface area contributed by atoms with Crippen LogP contribution in [0.15, 0.2) is 41.0 Å². The van der Waals surface area contributed by atoms with Gasteiger partial charge in [0.15, 0.2) is 11.3 Å². The Morgan fingerprint density at radius 3 is 2.52 bits per heavy atom. The molecule has 0 saturated carbocycles. The Bertz CT molecular complexity index is 1060. The first-order valence-corrected chi connectivity index (χ1v) is 11.2. The van der Waals surface area contributed by atoms with E-state index in [0.717, 1.165) is 25.2 Å². The molecule has 0 spiro atoms. The molecule has 0 bridgehead atoms. The molecule has 2 heterocycles. The van der Waals surface area contributed by atoms with Gasteiger partial charge in [-0.15, -0.1) is 0 Å². The molecule has 2 N–H and O–H groups in total. The second-order valence-electron chi connectivity index (χ2n) is 7.96. The molecule has 1 aliphatic rings. The third-order valence-corrected chi connectivity index (χ3v) is 5.99. The molecular weight excluding hydrogens is 426 g/mol. The van der Waals surface area contributed by atoms with Gasteiger partial charge in [-0.25, -0.2) is 0 Å². The molecule has 8 nitrogen and oxygen atoms in total. The molecule has 4 rings (SSSR count). The lowest BCUT2D eigenvalue weighted by molar-refractivity contribution is 0.0318. The third kappa shape index (κ3) is 5.03. The van der Waals surface area contributed by atoms with Crippen molar-refractivity contribution in [3.05, 3.63) is 47.7 Å². The van der Waals surface area contributed by atoms with E-state index in [1.54, 1.807) is 38.7 Å². The smallest absolute Gasteiger partial charge is 0.205 e. The Morgan fingerprint density at radius 2 is 1.79 bits per heavy atom. The summed E-state index contributed by atoms with van der Waals surface area (Å²) < 4.78 is 28.7. The van der Waals surface area contributed by atoms with Crippen molar-refractivity contribution in [1.29, 1.82) is 0 Å². The van der Waals surface area contributed by atoms with E-state index in [1.807, 2.05) is 12.1 Å². The Hall–Kier alpha value is -2.94. The Balaban J connectivity index is 1.64. The number of aryl methyl sites for hydroxylation is 1. The van der Waals surface area contributed by atoms with E-state index in [1.165, 1.54) is 0 Å². The first-order valence-electron chi connectivity index (χ1n) is 11.2. The zero-order chi connectivity index (χ0) is 23.2. The van der Waals surface area contributed by atoms with Crippen molar-refractivity contribution in [2.24, 2.45) is 0 Å². The standard InChI is InChI=1S/C25H31NO7/c1-29-22-18-9-13-32-23(18)25(30-2)24(33-16-12-26-10-14-31-15-11-26)21(22)20(28)8-7-17-5-3-4-6-19(17)27/h3-6,9,13,20,27-28H,7-8,10-12,14-16H2,1-2H3. The van der Waals surface area contributed by atoms with Crippen LogP contribution >= 0.6 is 0 Å². The van der Waals surface area contributed by atoms with Crippen LogP contribution in [-0.2, 0) is 11.2 Å². The number of rotatable bonds is 10. The highest BCUT2D eigenvalue weighted by Crippen LogP contribution is 2.49. The van der Waals surface area contributed by atoms with Crippen LogP contribution in [0, 0.1) is 0 Å². The SMILES string of the molecule is COc1c(C(O)CCc2ccccc2O)c(OCCN2CCOCC2)c(OC)c2occc12. The molecule has 33 heavy (non-hydrogen) atoms. The number of phenolic OH excluding ortho intramolecular Hbond substituents is 1. The maximum absolute atomic E-state index is 11.3. The van der Waals surface area contributed by atoms with Crippen LogP contribution in [0.2, 0.25) is 0 Å². The first kappa shape index (κ1) is 23.2. The molecule has 0 amide bonds. The number of furan rings is 1. The van der Waals surface area contributed by atoms with Crippen LogP contribution in [-0.4, -0.2) is 68.8 Å². The Morgan fingerprint density at radius 1 is 1.03 bits per heavy atom. The van der Waals surface area contributed by atoms with Crippen molar-refractivity contribution in [2.45, 2.75) is 18.9 Å². The number of hydrogen-bond donors (Lipinski definition) is 2. The number of para-hydroxylation sites is 1. The minimum absolute atomic E-state index is 0.210. The molecule has 8 heteroatoms. The summed E-state index contributed by atoms with van der Waals surface area (Å²) in [5.41, 5.74) is 1.79. The van der Waals surface area contributed by atoms with E-state index in [0.29, 0.717) is 66.4 Å². The van der Waals surface area contributed by atoms with Crippen LogP contribution < -0.4 is 14.2 Å². The van der Waals surface area contributed by atoms with E-state index in [-0.39, 0.29) is 5.75 Å². The van der Waals surface area contributed by atoms with Crippen LogP contribution in [0.4, 0.5) is 0 Å². The van der Waals surface area contributed by atoms with Crippen molar-refractivity contribution in [1.82, 2.24) is 4.90 Å². The maximum atomic E-state index is 11.3. The fourth-order valence-corrected chi connectivity index (χ4v) is 4.25. The number of fused-ring (bicyclic) bond motifs is 1. The predicted octanol–water partition coefficient (Wildman–Crippen LogP) is 3.53. The molecule has 1 fully saturated rings. The summed E-state index contributed by atoms with van der Waals surface area (Å²) in [6.45, 7) is 4.27. The summed E-state index contributed by atoms with van der Waals surface area (Å²) in [7, 11) is 3.11. The minimum Gasteiger partial charge on any atom is -0.508 e. The topological polar surface area (TPSA) is 93.8 Å². The van der Waals surface area contributed by atoms with Gasteiger partial charge in [-0.1, -0.05) is 18.2 Å². The van der Waals surface area contributed by atoms with E-state index < -0.39 is 6.10 Å². The van der Waals surface area contributed by atoms with Gasteiger partial charge in [0.2, 0.25) is 5.75 Å². The number of aromatic hydroxyl groups is 1. The van der Waals surface area contributed by atoms with E-state index in [2.05, 4.69) is 4.90 Å². The zero-order valence-corrected chi connectivity index (χ0v) is 19.1. The van der Waals surface area contributed by atoms with Gasteiger partial charge in [0.25, 0.3) is 0 Å². The number of morpholine rings is 1. The Kier molecular flexibility index (Phi) is 7.59. The number of aliphatic hydroxyl groups excluding tert-OH is 1. The molecule has 1 unspecified atom stereocenters. The molecule has 1 saturated heterocycles. The van der Waals surface area contributed by atoms with E-state index in [4.69, 9.17) is 23.4 Å². The van der Waals surface area contributed by atoms with Crippen molar-refractivity contribution in [2.75, 3.05) is 53.7 Å². The van der Waals surface area contributed by atoms with E-state index >= 15 is 0 Å². The molecule has 3 aromatic rings. The number of hydrogen-bond acceptors (Lipinski definition) is 8. The number of aliphatic hydroxyl groups is 1. The quantitative estimate of drug-likeness (QED) is 0.478. The van der Waals surface area contributed by atoms with Crippen LogP contribution in [0.25, 0.3) is 11.0 Å². The molecule has 2 aromatic carbocycles. The summed E-state index contributed by atoms with van der Waals surface area (Å²) in [4.78, 5) is 2.27.